The van der Waals surface area contributed by atoms with Crippen molar-refractivity contribution in [3.05, 3.63) is 35.4 Å². The van der Waals surface area contributed by atoms with Crippen LogP contribution in [0.15, 0.2) is 24.3 Å². The van der Waals surface area contributed by atoms with E-state index in [-0.39, 0.29) is 12.0 Å². The molecule has 2 aliphatic rings. The molecule has 0 aliphatic carbocycles. The number of hydrogen-bond acceptors (Lipinski definition) is 3. The van der Waals surface area contributed by atoms with E-state index in [0.717, 1.165) is 29.7 Å². The predicted octanol–water partition coefficient (Wildman–Crippen LogP) is 4.33. The molecule has 2 amide bonds. The third kappa shape index (κ3) is 3.35. The standard InChI is InChI=1S/C21H28N2O3/c1-6-21(5)16-13-15(7-8-17(16)22-18(21)24)14-9-11-23(12-10-14)19(25)26-20(2,3)4/h7-9,13H,6,10-12H2,1-5H3,(H,22,24). The number of nitrogens with zero attached hydrogens (tertiary/aromatic N) is 1. The number of carbonyl (C=O) groups excluding carboxylic acids is 2. The number of carbonyl (C=O) groups is 2. The normalized spacial score (nSPS) is 22.6. The zero-order valence-electron chi connectivity index (χ0n) is 16.3. The first-order valence-corrected chi connectivity index (χ1v) is 9.27. The lowest BCUT2D eigenvalue weighted by molar-refractivity contribution is -0.120. The summed E-state index contributed by atoms with van der Waals surface area (Å²) in [6.07, 6.45) is 3.36. The number of anilines is 1. The van der Waals surface area contributed by atoms with Crippen LogP contribution in [0, 0.1) is 0 Å². The predicted molar refractivity (Wildman–Crippen MR) is 103 cm³/mol. The number of ether oxygens (including phenoxy) is 1. The SMILES string of the molecule is CCC1(C)C(=O)Nc2ccc(C3=CCN(C(=O)OC(C)(C)C)CC3)cc21. The van der Waals surface area contributed by atoms with E-state index in [1.54, 1.807) is 4.90 Å². The first-order valence-electron chi connectivity index (χ1n) is 9.27. The van der Waals surface area contributed by atoms with Gasteiger partial charge < -0.3 is 15.0 Å². The van der Waals surface area contributed by atoms with E-state index in [4.69, 9.17) is 4.74 Å². The Balaban J connectivity index is 1.78. The van der Waals surface area contributed by atoms with Crippen molar-refractivity contribution in [1.29, 1.82) is 0 Å². The van der Waals surface area contributed by atoms with Crippen molar-refractivity contribution < 1.29 is 14.3 Å². The number of hydrogen-bond donors (Lipinski definition) is 1. The van der Waals surface area contributed by atoms with Gasteiger partial charge in [0.15, 0.2) is 0 Å². The van der Waals surface area contributed by atoms with Gasteiger partial charge in [-0.05, 0) is 69.4 Å². The molecule has 0 aromatic heterocycles. The van der Waals surface area contributed by atoms with Gasteiger partial charge in [-0.3, -0.25) is 4.79 Å². The first-order chi connectivity index (χ1) is 12.1. The molecule has 1 aromatic carbocycles. The van der Waals surface area contributed by atoms with Gasteiger partial charge in [-0.2, -0.15) is 0 Å². The molecule has 26 heavy (non-hydrogen) atoms. The van der Waals surface area contributed by atoms with Gasteiger partial charge in [0.05, 0.1) is 5.41 Å². The largest absolute Gasteiger partial charge is 0.444 e. The van der Waals surface area contributed by atoms with Crippen molar-refractivity contribution >= 4 is 23.3 Å². The topological polar surface area (TPSA) is 58.6 Å². The molecule has 1 N–H and O–H groups in total. The van der Waals surface area contributed by atoms with E-state index in [1.165, 1.54) is 5.57 Å². The van der Waals surface area contributed by atoms with Crippen molar-refractivity contribution in [1.82, 2.24) is 4.90 Å². The Morgan fingerprint density at radius 1 is 1.35 bits per heavy atom. The maximum atomic E-state index is 12.3. The lowest BCUT2D eigenvalue weighted by atomic mass is 9.80. The monoisotopic (exact) mass is 356 g/mol. The first kappa shape index (κ1) is 18.5. The van der Waals surface area contributed by atoms with E-state index >= 15 is 0 Å². The lowest BCUT2D eigenvalue weighted by Crippen LogP contribution is -2.39. The van der Waals surface area contributed by atoms with E-state index in [0.29, 0.717) is 13.1 Å². The Labute approximate surface area is 155 Å². The van der Waals surface area contributed by atoms with Crippen LogP contribution in [0.4, 0.5) is 10.5 Å². The summed E-state index contributed by atoms with van der Waals surface area (Å²) in [6.45, 7) is 10.9. The molecule has 0 radical (unpaired) electrons. The number of fused-ring (bicyclic) bond motifs is 1. The molecule has 0 spiro atoms. The summed E-state index contributed by atoms with van der Waals surface area (Å²) in [5.41, 5.74) is 3.37. The number of rotatable bonds is 2. The molecule has 5 heteroatoms. The van der Waals surface area contributed by atoms with Crippen molar-refractivity contribution in [3.63, 3.8) is 0 Å². The summed E-state index contributed by atoms with van der Waals surface area (Å²) in [6, 6.07) is 6.17. The average Bonchev–Trinajstić information content (AvgIpc) is 2.84. The van der Waals surface area contributed by atoms with Crippen LogP contribution < -0.4 is 5.32 Å². The van der Waals surface area contributed by atoms with Gasteiger partial charge in [-0.25, -0.2) is 4.79 Å². The fraction of sp³-hybridized carbons (Fsp3) is 0.524. The highest BCUT2D eigenvalue weighted by Gasteiger charge is 2.41. The summed E-state index contributed by atoms with van der Waals surface area (Å²) in [7, 11) is 0. The van der Waals surface area contributed by atoms with Crippen LogP contribution in [0.5, 0.6) is 0 Å². The number of amides is 2. The summed E-state index contributed by atoms with van der Waals surface area (Å²) < 4.78 is 5.44. The molecule has 5 nitrogen and oxygen atoms in total. The van der Waals surface area contributed by atoms with Gasteiger partial charge in [-0.15, -0.1) is 0 Å². The summed E-state index contributed by atoms with van der Waals surface area (Å²) in [5.74, 6) is 0.0703. The second-order valence-corrected chi connectivity index (χ2v) is 8.31. The van der Waals surface area contributed by atoms with Gasteiger partial charge in [-0.1, -0.05) is 19.1 Å². The van der Waals surface area contributed by atoms with Crippen LogP contribution in [-0.4, -0.2) is 35.6 Å². The van der Waals surface area contributed by atoms with Gasteiger partial charge >= 0.3 is 6.09 Å². The van der Waals surface area contributed by atoms with E-state index in [9.17, 15) is 9.59 Å². The molecule has 2 aliphatic heterocycles. The highest BCUT2D eigenvalue weighted by Crippen LogP contribution is 2.41. The molecule has 3 rings (SSSR count). The van der Waals surface area contributed by atoms with Crippen LogP contribution in [0.1, 0.15) is 58.6 Å². The zero-order valence-corrected chi connectivity index (χ0v) is 16.3. The molecule has 1 unspecified atom stereocenters. The Kier molecular flexibility index (Phi) is 4.59. The van der Waals surface area contributed by atoms with Crippen LogP contribution in [-0.2, 0) is 14.9 Å². The molecule has 0 bridgehead atoms. The van der Waals surface area contributed by atoms with Crippen molar-refractivity contribution in [3.8, 4) is 0 Å². The molecular weight excluding hydrogens is 328 g/mol. The highest BCUT2D eigenvalue weighted by atomic mass is 16.6. The Morgan fingerprint density at radius 3 is 2.65 bits per heavy atom. The van der Waals surface area contributed by atoms with E-state index in [2.05, 4.69) is 23.5 Å². The van der Waals surface area contributed by atoms with E-state index < -0.39 is 11.0 Å². The minimum atomic E-state index is -0.481. The fourth-order valence-electron chi connectivity index (χ4n) is 3.47. The van der Waals surface area contributed by atoms with Gasteiger partial charge in [0.2, 0.25) is 5.91 Å². The Morgan fingerprint density at radius 2 is 2.08 bits per heavy atom. The zero-order chi connectivity index (χ0) is 19.1. The van der Waals surface area contributed by atoms with Crippen LogP contribution >= 0.6 is 0 Å². The molecular formula is C21H28N2O3. The van der Waals surface area contributed by atoms with Gasteiger partial charge in [0.25, 0.3) is 0 Å². The molecule has 0 fully saturated rings. The maximum Gasteiger partial charge on any atom is 0.410 e. The minimum absolute atomic E-state index is 0.0703. The van der Waals surface area contributed by atoms with Gasteiger partial charge in [0.1, 0.15) is 5.60 Å². The molecule has 2 heterocycles. The third-order valence-corrected chi connectivity index (χ3v) is 5.30. The Bertz CT molecular complexity index is 776. The smallest absolute Gasteiger partial charge is 0.410 e. The van der Waals surface area contributed by atoms with Crippen LogP contribution in [0.2, 0.25) is 0 Å². The fourth-order valence-corrected chi connectivity index (χ4v) is 3.47. The third-order valence-electron chi connectivity index (χ3n) is 5.30. The second-order valence-electron chi connectivity index (χ2n) is 8.31. The number of benzene rings is 1. The molecule has 1 atom stereocenters. The highest BCUT2D eigenvalue weighted by molar-refractivity contribution is 6.06. The van der Waals surface area contributed by atoms with Crippen LogP contribution in [0.3, 0.4) is 0 Å². The molecule has 0 saturated heterocycles. The summed E-state index contributed by atoms with van der Waals surface area (Å²) in [4.78, 5) is 26.2. The molecule has 0 saturated carbocycles. The number of nitrogens with one attached hydrogen (secondary N) is 1. The van der Waals surface area contributed by atoms with Crippen LogP contribution in [0.25, 0.3) is 5.57 Å². The van der Waals surface area contributed by atoms with Gasteiger partial charge in [0, 0.05) is 18.8 Å². The molecule has 140 valence electrons. The Hall–Kier alpha value is -2.30. The summed E-state index contributed by atoms with van der Waals surface area (Å²) in [5, 5.41) is 2.98. The maximum absolute atomic E-state index is 12.3. The average molecular weight is 356 g/mol. The minimum Gasteiger partial charge on any atom is -0.444 e. The second kappa shape index (κ2) is 6.45. The quantitative estimate of drug-likeness (QED) is 0.858. The summed E-state index contributed by atoms with van der Waals surface area (Å²) >= 11 is 0. The molecule has 1 aromatic rings. The lowest BCUT2D eigenvalue weighted by Gasteiger charge is -2.30. The van der Waals surface area contributed by atoms with Crippen molar-refractivity contribution in [2.45, 2.75) is 58.5 Å². The van der Waals surface area contributed by atoms with Crippen molar-refractivity contribution in [2.24, 2.45) is 0 Å². The van der Waals surface area contributed by atoms with Crippen molar-refractivity contribution in [2.75, 3.05) is 18.4 Å². The van der Waals surface area contributed by atoms with E-state index in [1.807, 2.05) is 40.7 Å².